The van der Waals surface area contributed by atoms with Gasteiger partial charge in [-0.25, -0.2) is 4.39 Å². The van der Waals surface area contributed by atoms with Crippen molar-refractivity contribution >= 4 is 11.6 Å². The number of rotatable bonds is 3. The lowest BCUT2D eigenvalue weighted by molar-refractivity contribution is 0.174. The summed E-state index contributed by atoms with van der Waals surface area (Å²) < 4.78 is 13.8. The molecule has 0 spiro atoms. The summed E-state index contributed by atoms with van der Waals surface area (Å²) in [6.07, 6.45) is -0.548. The van der Waals surface area contributed by atoms with E-state index in [1.54, 1.807) is 6.07 Å². The summed E-state index contributed by atoms with van der Waals surface area (Å²) in [5.41, 5.74) is 2.26. The third-order valence-corrected chi connectivity index (χ3v) is 3.78. The monoisotopic (exact) mass is 306 g/mol. The fraction of sp³-hybridized carbons (Fsp3) is 0.333. The van der Waals surface area contributed by atoms with Gasteiger partial charge in [0.15, 0.2) is 0 Å². The smallest absolute Gasteiger partial charge is 0.126 e. The van der Waals surface area contributed by atoms with Crippen molar-refractivity contribution in [1.29, 1.82) is 0 Å². The van der Waals surface area contributed by atoms with Crippen LogP contribution in [0.3, 0.4) is 0 Å². The lowest BCUT2D eigenvalue weighted by atomic mass is 9.81. The zero-order valence-corrected chi connectivity index (χ0v) is 13.3. The van der Waals surface area contributed by atoms with Gasteiger partial charge >= 0.3 is 0 Å². The fourth-order valence-electron chi connectivity index (χ4n) is 2.49. The van der Waals surface area contributed by atoms with Crippen molar-refractivity contribution in [1.82, 2.24) is 0 Å². The van der Waals surface area contributed by atoms with E-state index in [4.69, 9.17) is 11.6 Å². The van der Waals surface area contributed by atoms with Gasteiger partial charge in [0.25, 0.3) is 0 Å². The van der Waals surface area contributed by atoms with Gasteiger partial charge in [0.2, 0.25) is 0 Å². The molecule has 0 aliphatic carbocycles. The average Bonchev–Trinajstić information content (AvgIpc) is 2.42. The van der Waals surface area contributed by atoms with Crippen molar-refractivity contribution in [3.8, 4) is 0 Å². The van der Waals surface area contributed by atoms with Gasteiger partial charge in [-0.3, -0.25) is 0 Å². The van der Waals surface area contributed by atoms with Crippen molar-refractivity contribution in [2.75, 3.05) is 0 Å². The molecule has 112 valence electrons. The molecule has 0 aliphatic heterocycles. The first kappa shape index (κ1) is 16.0. The molecule has 0 aromatic heterocycles. The van der Waals surface area contributed by atoms with E-state index in [2.05, 4.69) is 20.8 Å². The first-order chi connectivity index (χ1) is 9.79. The molecule has 0 bridgehead atoms. The van der Waals surface area contributed by atoms with Crippen LogP contribution < -0.4 is 0 Å². The van der Waals surface area contributed by atoms with Crippen LogP contribution in [0, 0.1) is 5.82 Å². The highest BCUT2D eigenvalue weighted by molar-refractivity contribution is 6.30. The Hall–Kier alpha value is -1.38. The fourth-order valence-corrected chi connectivity index (χ4v) is 2.68. The summed E-state index contributed by atoms with van der Waals surface area (Å²) in [7, 11) is 0. The Morgan fingerprint density at radius 2 is 1.81 bits per heavy atom. The summed E-state index contributed by atoms with van der Waals surface area (Å²) in [5.74, 6) is -0.341. The molecule has 0 heterocycles. The number of benzene rings is 2. The average molecular weight is 307 g/mol. The van der Waals surface area contributed by atoms with Crippen molar-refractivity contribution in [2.24, 2.45) is 0 Å². The Kier molecular flexibility index (Phi) is 4.70. The number of aliphatic hydroxyl groups excluding tert-OH is 1. The molecule has 1 nitrogen and oxygen atoms in total. The molecule has 21 heavy (non-hydrogen) atoms. The van der Waals surface area contributed by atoms with E-state index in [1.807, 2.05) is 24.3 Å². The zero-order valence-electron chi connectivity index (χ0n) is 12.5. The van der Waals surface area contributed by atoms with Crippen LogP contribution in [0.4, 0.5) is 4.39 Å². The molecule has 0 aliphatic rings. The summed E-state index contributed by atoms with van der Waals surface area (Å²) in [4.78, 5) is 0. The van der Waals surface area contributed by atoms with Gasteiger partial charge in [-0.15, -0.1) is 0 Å². The minimum Gasteiger partial charge on any atom is -0.388 e. The first-order valence-corrected chi connectivity index (χ1v) is 7.38. The van der Waals surface area contributed by atoms with Crippen LogP contribution >= 0.6 is 11.6 Å². The van der Waals surface area contributed by atoms with E-state index in [-0.39, 0.29) is 17.7 Å². The molecular formula is C18H20ClFO. The van der Waals surface area contributed by atoms with Crippen LogP contribution in [-0.4, -0.2) is 5.11 Å². The number of halogens is 2. The second-order valence-corrected chi connectivity index (χ2v) is 6.73. The molecule has 0 saturated heterocycles. The quantitative estimate of drug-likeness (QED) is 0.841. The highest BCUT2D eigenvalue weighted by atomic mass is 35.5. The van der Waals surface area contributed by atoms with E-state index in [1.165, 1.54) is 12.1 Å². The highest BCUT2D eigenvalue weighted by Gasteiger charge is 2.22. The molecule has 1 N–H and O–H groups in total. The standard InChI is InChI=1S/C18H20ClFO/c1-18(2,3)15-7-5-4-6-14(15)17(21)11-12-10-13(19)8-9-16(12)20/h4-10,17,21H,11H2,1-3H3. The van der Waals surface area contributed by atoms with Crippen molar-refractivity contribution in [3.05, 3.63) is 70.0 Å². The Morgan fingerprint density at radius 3 is 2.48 bits per heavy atom. The Morgan fingerprint density at radius 1 is 1.14 bits per heavy atom. The molecule has 0 saturated carbocycles. The van der Waals surface area contributed by atoms with E-state index < -0.39 is 6.10 Å². The van der Waals surface area contributed by atoms with Crippen LogP contribution in [0.2, 0.25) is 5.02 Å². The predicted molar refractivity (Wildman–Crippen MR) is 85.2 cm³/mol. The molecule has 3 heteroatoms. The van der Waals surface area contributed by atoms with Crippen LogP contribution in [0.25, 0.3) is 0 Å². The Balaban J connectivity index is 2.33. The number of hydrogen-bond donors (Lipinski definition) is 1. The number of hydrogen-bond acceptors (Lipinski definition) is 1. The lowest BCUT2D eigenvalue weighted by Gasteiger charge is -2.25. The van der Waals surface area contributed by atoms with Crippen molar-refractivity contribution in [2.45, 2.75) is 38.7 Å². The van der Waals surface area contributed by atoms with Crippen molar-refractivity contribution in [3.63, 3.8) is 0 Å². The topological polar surface area (TPSA) is 20.2 Å². The van der Waals surface area contributed by atoms with E-state index in [0.29, 0.717) is 10.6 Å². The summed E-state index contributed by atoms with van der Waals surface area (Å²) in [6.45, 7) is 6.29. The molecule has 0 radical (unpaired) electrons. The third kappa shape index (κ3) is 3.84. The molecule has 2 aromatic rings. The van der Waals surface area contributed by atoms with Gasteiger partial charge < -0.3 is 5.11 Å². The van der Waals surface area contributed by atoms with Crippen LogP contribution in [0.15, 0.2) is 42.5 Å². The summed E-state index contributed by atoms with van der Waals surface area (Å²) >= 11 is 5.90. The van der Waals surface area contributed by atoms with Gasteiger partial charge in [-0.2, -0.15) is 0 Å². The first-order valence-electron chi connectivity index (χ1n) is 7.00. The van der Waals surface area contributed by atoms with Gasteiger partial charge in [0.05, 0.1) is 6.10 Å². The zero-order chi connectivity index (χ0) is 15.6. The molecular weight excluding hydrogens is 287 g/mol. The maximum absolute atomic E-state index is 13.8. The minimum absolute atomic E-state index is 0.0789. The number of aliphatic hydroxyl groups is 1. The van der Waals surface area contributed by atoms with E-state index >= 15 is 0 Å². The highest BCUT2D eigenvalue weighted by Crippen LogP contribution is 2.31. The second-order valence-electron chi connectivity index (χ2n) is 6.29. The Bertz CT molecular complexity index is 631. The summed E-state index contributed by atoms with van der Waals surface area (Å²) in [5, 5.41) is 11.0. The van der Waals surface area contributed by atoms with Crippen LogP contribution in [-0.2, 0) is 11.8 Å². The van der Waals surface area contributed by atoms with Gasteiger partial charge in [0.1, 0.15) is 5.82 Å². The minimum atomic E-state index is -0.756. The SMILES string of the molecule is CC(C)(C)c1ccccc1C(O)Cc1cc(Cl)ccc1F. The van der Waals surface area contributed by atoms with Gasteiger partial charge in [-0.1, -0.05) is 56.6 Å². The molecule has 0 fully saturated rings. The molecule has 2 rings (SSSR count). The lowest BCUT2D eigenvalue weighted by Crippen LogP contribution is -2.17. The van der Waals surface area contributed by atoms with Crippen LogP contribution in [0.1, 0.15) is 43.6 Å². The largest absolute Gasteiger partial charge is 0.388 e. The maximum Gasteiger partial charge on any atom is 0.126 e. The van der Waals surface area contributed by atoms with E-state index in [0.717, 1.165) is 11.1 Å². The summed E-state index contributed by atoms with van der Waals surface area (Å²) in [6, 6.07) is 12.2. The normalized spacial score (nSPS) is 13.2. The van der Waals surface area contributed by atoms with Gasteiger partial charge in [0, 0.05) is 11.4 Å². The van der Waals surface area contributed by atoms with Gasteiger partial charge in [-0.05, 0) is 40.3 Å². The predicted octanol–water partition coefficient (Wildman–Crippen LogP) is 5.05. The van der Waals surface area contributed by atoms with Crippen LogP contribution in [0.5, 0.6) is 0 Å². The second kappa shape index (κ2) is 6.17. The van der Waals surface area contributed by atoms with E-state index in [9.17, 15) is 9.50 Å². The molecule has 1 unspecified atom stereocenters. The Labute approximate surface area is 130 Å². The molecule has 0 amide bonds. The maximum atomic E-state index is 13.8. The molecule has 1 atom stereocenters. The van der Waals surface area contributed by atoms with Crippen molar-refractivity contribution < 1.29 is 9.50 Å². The molecule has 2 aromatic carbocycles. The third-order valence-electron chi connectivity index (χ3n) is 3.55.